The number of morpholine rings is 1. The van der Waals surface area contributed by atoms with Crippen molar-refractivity contribution in [3.05, 3.63) is 18.2 Å². The van der Waals surface area contributed by atoms with Crippen molar-refractivity contribution < 1.29 is 17.7 Å². The van der Waals surface area contributed by atoms with Crippen molar-refractivity contribution in [2.45, 2.75) is 4.90 Å². The molecule has 1 aliphatic heterocycles. The van der Waals surface area contributed by atoms with Gasteiger partial charge in [0.15, 0.2) is 0 Å². The summed E-state index contributed by atoms with van der Waals surface area (Å²) in [5, 5.41) is 0. The molecule has 6 nitrogen and oxygen atoms in total. The molecule has 1 aromatic rings. The molecule has 1 saturated heterocycles. The Labute approximate surface area is 99.7 Å². The molecule has 2 rings (SSSR count). The standard InChI is InChI=1S/C10H14N2O4S/c11-8-1-2-9(10(7-8)17(13,14)15)12-3-5-16-6-4-12/h1-2,7H,3-6,11H2,(H,13,14,15). The van der Waals surface area contributed by atoms with Crippen molar-refractivity contribution in [2.75, 3.05) is 36.9 Å². The minimum Gasteiger partial charge on any atom is -0.399 e. The molecule has 0 unspecified atom stereocenters. The fraction of sp³-hybridized carbons (Fsp3) is 0.400. The number of nitrogens with two attached hydrogens (primary N) is 1. The molecule has 0 aliphatic carbocycles. The van der Waals surface area contributed by atoms with Crippen LogP contribution in [0.25, 0.3) is 0 Å². The average Bonchev–Trinajstić information content (AvgIpc) is 2.29. The van der Waals surface area contributed by atoms with E-state index in [9.17, 15) is 13.0 Å². The van der Waals surface area contributed by atoms with Crippen LogP contribution < -0.4 is 10.6 Å². The first kappa shape index (κ1) is 12.2. The highest BCUT2D eigenvalue weighted by molar-refractivity contribution is 7.86. The Balaban J connectivity index is 2.45. The van der Waals surface area contributed by atoms with Crippen molar-refractivity contribution in [3.63, 3.8) is 0 Å². The number of anilines is 2. The van der Waals surface area contributed by atoms with E-state index in [-0.39, 0.29) is 4.90 Å². The summed E-state index contributed by atoms with van der Waals surface area (Å²) < 4.78 is 37.0. The van der Waals surface area contributed by atoms with Gasteiger partial charge in [-0.1, -0.05) is 0 Å². The second kappa shape index (κ2) is 4.52. The third-order valence-corrected chi connectivity index (χ3v) is 3.50. The molecular formula is C10H14N2O4S. The zero-order valence-electron chi connectivity index (χ0n) is 9.17. The zero-order chi connectivity index (χ0) is 12.5. The Morgan fingerprint density at radius 1 is 1.29 bits per heavy atom. The first-order valence-electron chi connectivity index (χ1n) is 5.18. The maximum atomic E-state index is 11.3. The molecule has 0 spiro atoms. The lowest BCUT2D eigenvalue weighted by molar-refractivity contribution is 0.122. The Morgan fingerprint density at radius 2 is 1.94 bits per heavy atom. The normalized spacial score (nSPS) is 17.1. The van der Waals surface area contributed by atoms with Gasteiger partial charge in [-0.3, -0.25) is 4.55 Å². The average molecular weight is 258 g/mol. The van der Waals surface area contributed by atoms with Gasteiger partial charge in [0, 0.05) is 18.8 Å². The van der Waals surface area contributed by atoms with E-state index in [0.717, 1.165) is 0 Å². The minimum atomic E-state index is -4.27. The number of rotatable bonds is 2. The highest BCUT2D eigenvalue weighted by Gasteiger charge is 2.21. The minimum absolute atomic E-state index is 0.153. The molecule has 3 N–H and O–H groups in total. The Morgan fingerprint density at radius 3 is 2.53 bits per heavy atom. The third kappa shape index (κ3) is 2.68. The molecule has 1 aromatic carbocycles. The number of hydrogen-bond acceptors (Lipinski definition) is 5. The molecular weight excluding hydrogens is 244 g/mol. The lowest BCUT2D eigenvalue weighted by atomic mass is 10.2. The van der Waals surface area contributed by atoms with Crippen LogP contribution in [0.3, 0.4) is 0 Å². The lowest BCUT2D eigenvalue weighted by Crippen LogP contribution is -2.37. The molecule has 0 atom stereocenters. The number of nitrogen functional groups attached to an aromatic ring is 1. The van der Waals surface area contributed by atoms with Crippen LogP contribution in [0.2, 0.25) is 0 Å². The van der Waals surface area contributed by atoms with Crippen molar-refractivity contribution in [1.82, 2.24) is 0 Å². The quantitative estimate of drug-likeness (QED) is 0.587. The molecule has 1 aliphatic rings. The van der Waals surface area contributed by atoms with Crippen LogP contribution in [0, 0.1) is 0 Å². The topological polar surface area (TPSA) is 92.9 Å². The van der Waals surface area contributed by atoms with Crippen molar-refractivity contribution >= 4 is 21.5 Å². The van der Waals surface area contributed by atoms with Crippen LogP contribution >= 0.6 is 0 Å². The van der Waals surface area contributed by atoms with Gasteiger partial charge in [-0.2, -0.15) is 8.42 Å². The molecule has 1 heterocycles. The van der Waals surface area contributed by atoms with E-state index in [1.807, 2.05) is 4.90 Å². The maximum Gasteiger partial charge on any atom is 0.296 e. The van der Waals surface area contributed by atoms with Crippen molar-refractivity contribution in [2.24, 2.45) is 0 Å². The predicted molar refractivity (Wildman–Crippen MR) is 63.7 cm³/mol. The van der Waals surface area contributed by atoms with Crippen LogP contribution in [0.5, 0.6) is 0 Å². The van der Waals surface area contributed by atoms with Crippen molar-refractivity contribution in [1.29, 1.82) is 0 Å². The summed E-state index contributed by atoms with van der Waals surface area (Å²) in [6.07, 6.45) is 0. The second-order valence-electron chi connectivity index (χ2n) is 3.80. The Bertz CT molecular complexity index is 509. The van der Waals surface area contributed by atoms with E-state index < -0.39 is 10.1 Å². The van der Waals surface area contributed by atoms with Crippen LogP contribution in [0.1, 0.15) is 0 Å². The largest absolute Gasteiger partial charge is 0.399 e. The molecule has 7 heteroatoms. The SMILES string of the molecule is Nc1ccc(N2CCOCC2)c(S(=O)(=O)O)c1. The van der Waals surface area contributed by atoms with E-state index in [0.29, 0.717) is 37.7 Å². The van der Waals surface area contributed by atoms with Crippen molar-refractivity contribution in [3.8, 4) is 0 Å². The smallest absolute Gasteiger partial charge is 0.296 e. The van der Waals surface area contributed by atoms with E-state index in [4.69, 9.17) is 10.5 Å². The van der Waals surface area contributed by atoms with Gasteiger partial charge < -0.3 is 15.4 Å². The van der Waals surface area contributed by atoms with Gasteiger partial charge in [0.2, 0.25) is 0 Å². The fourth-order valence-corrected chi connectivity index (χ4v) is 2.55. The Hall–Kier alpha value is -1.31. The van der Waals surface area contributed by atoms with Gasteiger partial charge in [-0.05, 0) is 18.2 Å². The van der Waals surface area contributed by atoms with Crippen LogP contribution in [0.4, 0.5) is 11.4 Å². The molecule has 0 aromatic heterocycles. The number of benzene rings is 1. The monoisotopic (exact) mass is 258 g/mol. The number of hydrogen-bond donors (Lipinski definition) is 2. The summed E-state index contributed by atoms with van der Waals surface area (Å²) in [7, 11) is -4.27. The van der Waals surface area contributed by atoms with Gasteiger partial charge in [-0.15, -0.1) is 0 Å². The summed E-state index contributed by atoms with van der Waals surface area (Å²) in [4.78, 5) is 1.70. The van der Waals surface area contributed by atoms with Crippen LogP contribution in [-0.4, -0.2) is 39.3 Å². The second-order valence-corrected chi connectivity index (χ2v) is 5.19. The van der Waals surface area contributed by atoms with Gasteiger partial charge in [0.25, 0.3) is 10.1 Å². The van der Waals surface area contributed by atoms with Crippen LogP contribution in [0.15, 0.2) is 23.1 Å². The molecule has 0 amide bonds. The van der Waals surface area contributed by atoms with E-state index >= 15 is 0 Å². The third-order valence-electron chi connectivity index (χ3n) is 2.61. The molecule has 0 bridgehead atoms. The number of ether oxygens (including phenoxy) is 1. The van der Waals surface area contributed by atoms with E-state index in [1.54, 1.807) is 12.1 Å². The molecule has 0 radical (unpaired) electrons. The first-order valence-corrected chi connectivity index (χ1v) is 6.62. The Kier molecular flexibility index (Phi) is 3.23. The zero-order valence-corrected chi connectivity index (χ0v) is 9.98. The summed E-state index contributed by atoms with van der Waals surface area (Å²) in [5.74, 6) is 0. The van der Waals surface area contributed by atoms with E-state index in [1.165, 1.54) is 6.07 Å². The highest BCUT2D eigenvalue weighted by atomic mass is 32.2. The summed E-state index contributed by atoms with van der Waals surface area (Å²) in [6, 6.07) is 4.48. The lowest BCUT2D eigenvalue weighted by Gasteiger charge is -2.30. The molecule has 17 heavy (non-hydrogen) atoms. The van der Waals surface area contributed by atoms with Gasteiger partial charge in [0.1, 0.15) is 4.90 Å². The maximum absolute atomic E-state index is 11.3. The molecule has 1 fully saturated rings. The first-order chi connectivity index (χ1) is 7.98. The molecule has 0 saturated carbocycles. The van der Waals surface area contributed by atoms with E-state index in [2.05, 4.69) is 0 Å². The summed E-state index contributed by atoms with van der Waals surface area (Å²) >= 11 is 0. The van der Waals surface area contributed by atoms with Gasteiger partial charge in [-0.25, -0.2) is 0 Å². The van der Waals surface area contributed by atoms with Gasteiger partial charge in [0.05, 0.1) is 18.9 Å². The molecule has 94 valence electrons. The number of nitrogens with zero attached hydrogens (tertiary/aromatic N) is 1. The fourth-order valence-electron chi connectivity index (χ4n) is 1.80. The van der Waals surface area contributed by atoms with Gasteiger partial charge >= 0.3 is 0 Å². The van der Waals surface area contributed by atoms with Crippen LogP contribution in [-0.2, 0) is 14.9 Å². The highest BCUT2D eigenvalue weighted by Crippen LogP contribution is 2.27. The predicted octanol–water partition coefficient (Wildman–Crippen LogP) is 0.352. The summed E-state index contributed by atoms with van der Waals surface area (Å²) in [6.45, 7) is 2.25. The summed E-state index contributed by atoms with van der Waals surface area (Å²) in [5.41, 5.74) is 6.30.